The molecule has 1 heterocycles. The molecule has 109 valence electrons. The van der Waals surface area contributed by atoms with E-state index in [9.17, 15) is 10.4 Å². The highest BCUT2D eigenvalue weighted by atomic mass is 16.6. The minimum absolute atomic E-state index is 0.148. The van der Waals surface area contributed by atoms with Crippen LogP contribution in [-0.2, 0) is 0 Å². The SMILES string of the molecule is C[O+]c1ccc2c(c1)N(O)C(=NCCN(C)C)NN2O. The number of hydrazine groups is 1. The van der Waals surface area contributed by atoms with Gasteiger partial charge in [-0.3, -0.25) is 15.2 Å². The zero-order valence-electron chi connectivity index (χ0n) is 11.7. The van der Waals surface area contributed by atoms with E-state index < -0.39 is 0 Å². The first-order valence-electron chi connectivity index (χ1n) is 6.15. The summed E-state index contributed by atoms with van der Waals surface area (Å²) in [5, 5.41) is 21.7. The minimum atomic E-state index is 0.148. The predicted molar refractivity (Wildman–Crippen MR) is 75.5 cm³/mol. The number of hydrogen-bond acceptors (Lipinski definition) is 6. The van der Waals surface area contributed by atoms with E-state index in [1.807, 2.05) is 19.0 Å². The predicted octanol–water partition coefficient (Wildman–Crippen LogP) is 0.522. The van der Waals surface area contributed by atoms with Gasteiger partial charge in [-0.05, 0) is 20.2 Å². The van der Waals surface area contributed by atoms with Gasteiger partial charge in [0.25, 0.3) is 7.11 Å². The Hall–Kier alpha value is -2.03. The smallest absolute Gasteiger partial charge is 0.308 e. The van der Waals surface area contributed by atoms with Crippen LogP contribution in [0.5, 0.6) is 5.75 Å². The van der Waals surface area contributed by atoms with E-state index in [4.69, 9.17) is 4.74 Å². The summed E-state index contributed by atoms with van der Waals surface area (Å²) in [6.07, 6.45) is 0. The lowest BCUT2D eigenvalue weighted by molar-refractivity contribution is 0.216. The summed E-state index contributed by atoms with van der Waals surface area (Å²) in [4.78, 5) is 6.18. The number of anilines is 2. The van der Waals surface area contributed by atoms with Crippen molar-refractivity contribution in [2.24, 2.45) is 4.99 Å². The topological polar surface area (TPSA) is 85.9 Å². The second-order valence-corrected chi connectivity index (χ2v) is 4.60. The number of rotatable bonds is 4. The average molecular weight is 281 g/mol. The Balaban J connectivity index is 2.24. The summed E-state index contributed by atoms with van der Waals surface area (Å²) in [5.41, 5.74) is 3.38. The lowest BCUT2D eigenvalue weighted by Crippen LogP contribution is -2.52. The largest absolute Gasteiger partial charge is 0.345 e. The van der Waals surface area contributed by atoms with Crippen molar-refractivity contribution in [2.75, 3.05) is 44.5 Å². The van der Waals surface area contributed by atoms with Crippen LogP contribution in [0, 0.1) is 0 Å². The molecule has 0 aromatic heterocycles. The molecular formula is C12H19N5O3+. The molecule has 1 aromatic rings. The first-order chi connectivity index (χ1) is 9.52. The molecule has 8 nitrogen and oxygen atoms in total. The van der Waals surface area contributed by atoms with Gasteiger partial charge in [0.05, 0.1) is 12.6 Å². The number of hydrogen-bond donors (Lipinski definition) is 3. The fourth-order valence-electron chi connectivity index (χ4n) is 1.75. The maximum absolute atomic E-state index is 10.2. The zero-order chi connectivity index (χ0) is 14.7. The maximum atomic E-state index is 10.2. The number of fused-ring (bicyclic) bond motifs is 1. The Morgan fingerprint density at radius 3 is 2.70 bits per heavy atom. The van der Waals surface area contributed by atoms with E-state index in [0.717, 1.165) is 16.8 Å². The van der Waals surface area contributed by atoms with Crippen molar-refractivity contribution in [2.45, 2.75) is 0 Å². The van der Waals surface area contributed by atoms with Crippen LogP contribution in [0.25, 0.3) is 0 Å². The van der Waals surface area contributed by atoms with Gasteiger partial charge in [-0.1, -0.05) is 0 Å². The fraction of sp³-hybridized carbons (Fsp3) is 0.417. The Bertz CT molecular complexity index is 506. The van der Waals surface area contributed by atoms with Gasteiger partial charge in [0.2, 0.25) is 5.96 Å². The van der Waals surface area contributed by atoms with Crippen LogP contribution in [0.2, 0.25) is 0 Å². The van der Waals surface area contributed by atoms with E-state index in [1.54, 1.807) is 18.2 Å². The first-order valence-corrected chi connectivity index (χ1v) is 6.15. The minimum Gasteiger partial charge on any atom is -0.308 e. The van der Waals surface area contributed by atoms with Crippen molar-refractivity contribution in [3.8, 4) is 5.75 Å². The Kier molecular flexibility index (Phi) is 4.28. The fourth-order valence-corrected chi connectivity index (χ4v) is 1.75. The highest BCUT2D eigenvalue weighted by molar-refractivity contribution is 6.00. The molecule has 8 heteroatoms. The summed E-state index contributed by atoms with van der Waals surface area (Å²) in [6, 6.07) is 4.92. The quantitative estimate of drug-likeness (QED) is 0.694. The molecule has 0 amide bonds. The van der Waals surface area contributed by atoms with E-state index >= 15 is 0 Å². The van der Waals surface area contributed by atoms with Gasteiger partial charge in [0.15, 0.2) is 0 Å². The second-order valence-electron chi connectivity index (χ2n) is 4.60. The molecule has 0 fully saturated rings. The van der Waals surface area contributed by atoms with Crippen LogP contribution in [0.15, 0.2) is 23.2 Å². The summed E-state index contributed by atoms with van der Waals surface area (Å²) in [5.74, 6) is 0.723. The van der Waals surface area contributed by atoms with E-state index in [0.29, 0.717) is 23.7 Å². The van der Waals surface area contributed by atoms with E-state index in [-0.39, 0.29) is 5.96 Å². The highest BCUT2D eigenvalue weighted by Gasteiger charge is 2.27. The molecule has 1 aromatic carbocycles. The number of ether oxygens (including phenoxy) is 1. The van der Waals surface area contributed by atoms with Crippen molar-refractivity contribution in [1.29, 1.82) is 0 Å². The number of methoxy groups -OCH3 is 1. The molecular weight excluding hydrogens is 262 g/mol. The Labute approximate surface area is 117 Å². The van der Waals surface area contributed by atoms with E-state index in [1.165, 1.54) is 7.11 Å². The lowest BCUT2D eigenvalue weighted by Gasteiger charge is -2.32. The second kappa shape index (κ2) is 5.95. The van der Waals surface area contributed by atoms with Crippen LogP contribution >= 0.6 is 0 Å². The molecule has 2 rings (SSSR count). The standard InChI is InChI=1S/C12H19N5O3/c1-15(2)7-6-13-12-14-17(19)10-5-4-9(20-3)8-11(10)16(12)18/h4-5,8,18-19H,6-7H2,1-3H3,(H,13,14)/q+1. The van der Waals surface area contributed by atoms with Crippen LogP contribution in [0.4, 0.5) is 11.4 Å². The Morgan fingerprint density at radius 1 is 1.30 bits per heavy atom. The van der Waals surface area contributed by atoms with Crippen LogP contribution in [0.3, 0.4) is 0 Å². The molecule has 20 heavy (non-hydrogen) atoms. The van der Waals surface area contributed by atoms with Crippen molar-refractivity contribution >= 4 is 17.3 Å². The zero-order valence-corrected chi connectivity index (χ0v) is 11.7. The molecule has 3 N–H and O–H groups in total. The molecule has 0 saturated carbocycles. The summed E-state index contributed by atoms with van der Waals surface area (Å²) in [7, 11) is 5.40. The van der Waals surface area contributed by atoms with Crippen LogP contribution in [-0.4, -0.2) is 55.6 Å². The molecule has 0 unspecified atom stereocenters. The molecule has 1 radical (unpaired) electrons. The Morgan fingerprint density at radius 2 is 2.05 bits per heavy atom. The number of nitrogens with zero attached hydrogens (tertiary/aromatic N) is 4. The average Bonchev–Trinajstić information content (AvgIpc) is 2.43. The van der Waals surface area contributed by atoms with Crippen LogP contribution in [0.1, 0.15) is 0 Å². The third-order valence-electron chi connectivity index (χ3n) is 2.85. The van der Waals surface area contributed by atoms with E-state index in [2.05, 4.69) is 10.4 Å². The molecule has 1 aliphatic rings. The molecule has 0 aliphatic carbocycles. The van der Waals surface area contributed by atoms with Gasteiger partial charge >= 0.3 is 5.75 Å². The first kappa shape index (κ1) is 14.4. The highest BCUT2D eigenvalue weighted by Crippen LogP contribution is 2.33. The van der Waals surface area contributed by atoms with Gasteiger partial charge in [0, 0.05) is 12.6 Å². The summed E-state index contributed by atoms with van der Waals surface area (Å²) in [6.45, 7) is 1.22. The normalized spacial score (nSPS) is 16.4. The van der Waals surface area contributed by atoms with Crippen LogP contribution < -0.4 is 20.4 Å². The lowest BCUT2D eigenvalue weighted by atomic mass is 10.2. The van der Waals surface area contributed by atoms with Crippen molar-refractivity contribution in [3.05, 3.63) is 18.2 Å². The number of aliphatic imine (C=N–C) groups is 1. The molecule has 0 atom stereocenters. The van der Waals surface area contributed by atoms with Gasteiger partial charge in [-0.15, -0.1) is 0 Å². The van der Waals surface area contributed by atoms with Gasteiger partial charge < -0.3 is 4.90 Å². The number of hydroxylamine groups is 1. The maximum Gasteiger partial charge on any atom is 0.345 e. The summed E-state index contributed by atoms with van der Waals surface area (Å²) >= 11 is 0. The monoisotopic (exact) mass is 281 g/mol. The number of likely N-dealkylation sites (N-methyl/N-ethyl adjacent to an activating group) is 1. The number of nitrogens with one attached hydrogen (secondary N) is 1. The molecule has 1 aliphatic heterocycles. The van der Waals surface area contributed by atoms with Gasteiger partial charge in [0.1, 0.15) is 11.4 Å². The number of guanidine groups is 1. The van der Waals surface area contributed by atoms with Crippen molar-refractivity contribution in [1.82, 2.24) is 10.3 Å². The third kappa shape index (κ3) is 2.93. The van der Waals surface area contributed by atoms with Gasteiger partial charge in [-0.25, -0.2) is 10.4 Å². The number of benzene rings is 1. The van der Waals surface area contributed by atoms with Gasteiger partial charge in [-0.2, -0.15) is 10.2 Å². The molecule has 0 bridgehead atoms. The van der Waals surface area contributed by atoms with Crippen molar-refractivity contribution in [3.63, 3.8) is 0 Å². The third-order valence-corrected chi connectivity index (χ3v) is 2.85. The summed E-state index contributed by atoms with van der Waals surface area (Å²) < 4.78 is 5.11. The molecule has 0 spiro atoms. The van der Waals surface area contributed by atoms with Crippen molar-refractivity contribution < 1.29 is 15.2 Å². The molecule has 0 saturated heterocycles.